The van der Waals surface area contributed by atoms with Gasteiger partial charge >= 0.3 is 0 Å². The van der Waals surface area contributed by atoms with Crippen molar-refractivity contribution in [2.24, 2.45) is 5.92 Å². The van der Waals surface area contributed by atoms with Gasteiger partial charge in [-0.2, -0.15) is 0 Å². The first-order valence-electron chi connectivity index (χ1n) is 7.39. The number of hydrogen-bond donors (Lipinski definition) is 0. The molecule has 118 valence electrons. The molecule has 6 heteroatoms. The maximum atomic E-state index is 11.3. The first-order chi connectivity index (χ1) is 9.88. The van der Waals surface area contributed by atoms with E-state index in [0.717, 1.165) is 24.7 Å². The number of Topliss-reactive ketones (excluding diaryl/α,β-unsaturated/α-hetero) is 1. The lowest BCUT2D eigenvalue weighted by Crippen LogP contribution is -2.25. The Kier molecular flexibility index (Phi) is 8.02. The molecular weight excluding hydrogens is 287 g/mol. The molecule has 0 aliphatic carbocycles. The van der Waals surface area contributed by atoms with Gasteiger partial charge in [0.2, 0.25) is 7.12 Å². The number of allylic oxidation sites excluding steroid dienone is 1. The highest BCUT2D eigenvalue weighted by molar-refractivity contribution is 8.15. The molecule has 0 saturated carbocycles. The third-order valence-corrected chi connectivity index (χ3v) is 3.58. The number of carbonyl (C=O) groups excluding carboxylic acids is 1. The van der Waals surface area contributed by atoms with E-state index in [1.54, 1.807) is 6.92 Å². The third-order valence-electron chi connectivity index (χ3n) is 3.30. The molecule has 0 aromatic carbocycles. The lowest BCUT2D eigenvalue weighted by atomic mass is 9.96. The SMILES string of the molecule is [B]SOCC1OC(C)(C)OC1/C=C/C(CCC)CC(C)=O. The summed E-state index contributed by atoms with van der Waals surface area (Å²) in [5.41, 5.74) is 0. The van der Waals surface area contributed by atoms with Gasteiger partial charge in [0.1, 0.15) is 18.0 Å². The van der Waals surface area contributed by atoms with Crippen molar-refractivity contribution in [3.8, 4) is 0 Å². The quantitative estimate of drug-likeness (QED) is 0.372. The fourth-order valence-electron chi connectivity index (χ4n) is 2.53. The molecule has 1 saturated heterocycles. The molecule has 0 bridgehead atoms. The summed E-state index contributed by atoms with van der Waals surface area (Å²) in [7, 11) is 5.28. The predicted octanol–water partition coefficient (Wildman–Crippen LogP) is 3.21. The molecule has 1 aliphatic heterocycles. The molecule has 0 aromatic heterocycles. The van der Waals surface area contributed by atoms with Crippen molar-refractivity contribution in [2.45, 2.75) is 65.0 Å². The molecule has 0 aromatic rings. The Hall–Kier alpha value is -0.295. The van der Waals surface area contributed by atoms with Crippen LogP contribution in [0.3, 0.4) is 0 Å². The number of hydrogen-bond acceptors (Lipinski definition) is 5. The van der Waals surface area contributed by atoms with E-state index in [1.807, 2.05) is 19.9 Å². The molecule has 0 amide bonds. The van der Waals surface area contributed by atoms with Crippen molar-refractivity contribution >= 4 is 24.8 Å². The van der Waals surface area contributed by atoms with E-state index in [1.165, 1.54) is 0 Å². The van der Waals surface area contributed by atoms with Gasteiger partial charge in [-0.15, -0.1) is 0 Å². The highest BCUT2D eigenvalue weighted by Gasteiger charge is 2.40. The Morgan fingerprint density at radius 1 is 1.48 bits per heavy atom. The molecule has 21 heavy (non-hydrogen) atoms. The van der Waals surface area contributed by atoms with Crippen LogP contribution in [-0.2, 0) is 18.5 Å². The third kappa shape index (κ3) is 7.00. The summed E-state index contributed by atoms with van der Waals surface area (Å²) < 4.78 is 16.8. The normalized spacial score (nSPS) is 26.3. The first-order valence-corrected chi connectivity index (χ1v) is 8.20. The molecule has 1 rings (SSSR count). The Balaban J connectivity index is 2.66. The van der Waals surface area contributed by atoms with E-state index in [0.29, 0.717) is 13.0 Å². The second kappa shape index (κ2) is 8.98. The summed E-state index contributed by atoms with van der Waals surface area (Å²) in [6.07, 6.45) is 6.31. The van der Waals surface area contributed by atoms with E-state index < -0.39 is 5.79 Å². The Labute approximate surface area is 133 Å². The van der Waals surface area contributed by atoms with Crippen molar-refractivity contribution in [1.82, 2.24) is 0 Å². The van der Waals surface area contributed by atoms with E-state index in [2.05, 4.69) is 13.0 Å². The number of carbonyl (C=O) groups is 1. The van der Waals surface area contributed by atoms with Crippen molar-refractivity contribution in [1.29, 1.82) is 0 Å². The molecule has 0 N–H and O–H groups in total. The molecule has 0 spiro atoms. The number of ketones is 1. The second-order valence-electron chi connectivity index (χ2n) is 5.86. The summed E-state index contributed by atoms with van der Waals surface area (Å²) in [4.78, 5) is 11.3. The van der Waals surface area contributed by atoms with Crippen molar-refractivity contribution < 1.29 is 18.5 Å². The summed E-state index contributed by atoms with van der Waals surface area (Å²) in [5, 5.41) is 0. The van der Waals surface area contributed by atoms with Crippen LogP contribution in [0.15, 0.2) is 12.2 Å². The van der Waals surface area contributed by atoms with Crippen molar-refractivity contribution in [3.63, 3.8) is 0 Å². The van der Waals surface area contributed by atoms with E-state index >= 15 is 0 Å². The molecule has 2 radical (unpaired) electrons. The van der Waals surface area contributed by atoms with Crippen molar-refractivity contribution in [3.05, 3.63) is 12.2 Å². The molecule has 4 nitrogen and oxygen atoms in total. The molecule has 1 heterocycles. The van der Waals surface area contributed by atoms with Gasteiger partial charge in [-0.05, 0) is 33.1 Å². The fraction of sp³-hybridized carbons (Fsp3) is 0.800. The van der Waals surface area contributed by atoms with Crippen LogP contribution >= 0.6 is 11.9 Å². The second-order valence-corrected chi connectivity index (χ2v) is 6.29. The maximum absolute atomic E-state index is 11.3. The molecular formula is C15H25BO4S. The first kappa shape index (κ1) is 18.8. The van der Waals surface area contributed by atoms with Crippen LogP contribution in [0.2, 0.25) is 0 Å². The Morgan fingerprint density at radius 2 is 2.19 bits per heavy atom. The molecule has 1 aliphatic rings. The van der Waals surface area contributed by atoms with Crippen molar-refractivity contribution in [2.75, 3.05) is 6.61 Å². The van der Waals surface area contributed by atoms with Gasteiger partial charge in [-0.25, -0.2) is 0 Å². The maximum Gasteiger partial charge on any atom is 0.203 e. The highest BCUT2D eigenvalue weighted by atomic mass is 32.2. The van der Waals surface area contributed by atoms with E-state index in [4.69, 9.17) is 20.8 Å². The van der Waals surface area contributed by atoms with Gasteiger partial charge in [0.25, 0.3) is 0 Å². The Bertz CT molecular complexity index is 360. The van der Waals surface area contributed by atoms with Crippen LogP contribution in [0.4, 0.5) is 0 Å². The van der Waals surface area contributed by atoms with Crippen LogP contribution < -0.4 is 0 Å². The van der Waals surface area contributed by atoms with Gasteiger partial charge < -0.3 is 18.5 Å². The van der Waals surface area contributed by atoms with Crippen LogP contribution in [0.5, 0.6) is 0 Å². The lowest BCUT2D eigenvalue weighted by molar-refractivity contribution is -0.145. The Morgan fingerprint density at radius 3 is 2.76 bits per heavy atom. The van der Waals surface area contributed by atoms with Crippen LogP contribution in [0.25, 0.3) is 0 Å². The monoisotopic (exact) mass is 312 g/mol. The minimum atomic E-state index is -0.636. The van der Waals surface area contributed by atoms with Gasteiger partial charge in [-0.3, -0.25) is 0 Å². The van der Waals surface area contributed by atoms with Gasteiger partial charge in [0.15, 0.2) is 5.79 Å². The summed E-state index contributed by atoms with van der Waals surface area (Å²) in [5.74, 6) is -0.171. The van der Waals surface area contributed by atoms with Gasteiger partial charge in [-0.1, -0.05) is 37.4 Å². The van der Waals surface area contributed by atoms with Crippen LogP contribution in [0, 0.1) is 5.92 Å². The van der Waals surface area contributed by atoms with Gasteiger partial charge in [0, 0.05) is 6.42 Å². The molecule has 1 fully saturated rings. The average Bonchev–Trinajstić information content (AvgIpc) is 2.68. The summed E-state index contributed by atoms with van der Waals surface area (Å²) in [6.45, 7) is 7.87. The lowest BCUT2D eigenvalue weighted by Gasteiger charge is -2.16. The highest BCUT2D eigenvalue weighted by Crippen LogP contribution is 2.30. The minimum absolute atomic E-state index is 0.182. The zero-order valence-corrected chi connectivity index (χ0v) is 14.2. The van der Waals surface area contributed by atoms with E-state index in [-0.39, 0.29) is 23.9 Å². The largest absolute Gasteiger partial charge is 0.342 e. The summed E-state index contributed by atoms with van der Waals surface area (Å²) in [6, 6.07) is 0. The molecule has 3 atom stereocenters. The van der Waals surface area contributed by atoms with Crippen LogP contribution in [0.1, 0.15) is 47.0 Å². The van der Waals surface area contributed by atoms with Crippen LogP contribution in [-0.4, -0.2) is 37.5 Å². The predicted molar refractivity (Wildman–Crippen MR) is 86.0 cm³/mol. The number of rotatable bonds is 9. The average molecular weight is 312 g/mol. The zero-order valence-electron chi connectivity index (χ0n) is 13.3. The standard InChI is InChI=1S/C15H25BO4S/c1-5-6-12(9-11(2)17)7-8-13-14(10-18-21-16)20-15(3,4)19-13/h7-8,12-14H,5-6,9-10H2,1-4H3/b8-7+. The zero-order chi connectivity index (χ0) is 15.9. The molecule has 3 unspecified atom stereocenters. The van der Waals surface area contributed by atoms with E-state index in [9.17, 15) is 4.79 Å². The fourth-order valence-corrected chi connectivity index (χ4v) is 2.75. The topological polar surface area (TPSA) is 44.8 Å². The smallest absolute Gasteiger partial charge is 0.203 e. The number of ether oxygens (including phenoxy) is 2. The van der Waals surface area contributed by atoms with Gasteiger partial charge in [0.05, 0.1) is 6.61 Å². The minimum Gasteiger partial charge on any atom is -0.342 e. The summed E-state index contributed by atoms with van der Waals surface area (Å²) >= 11 is 0.827.